The summed E-state index contributed by atoms with van der Waals surface area (Å²) in [5, 5.41) is 6.53. The third-order valence-electron chi connectivity index (χ3n) is 10.1. The zero-order chi connectivity index (χ0) is 38.8. The molecule has 6 rings (SSSR count). The lowest BCUT2D eigenvalue weighted by atomic mass is 9.90. The zero-order valence-corrected chi connectivity index (χ0v) is 32.4. The van der Waals surface area contributed by atoms with E-state index in [0.29, 0.717) is 73.6 Å². The van der Waals surface area contributed by atoms with E-state index in [1.54, 1.807) is 38.1 Å². The number of pyridine rings is 1. The molecule has 2 saturated carbocycles. The zero-order valence-electron chi connectivity index (χ0n) is 30.8. The van der Waals surface area contributed by atoms with Gasteiger partial charge in [0.25, 0.3) is 5.91 Å². The van der Waals surface area contributed by atoms with Crippen LogP contribution in [0.25, 0.3) is 10.9 Å². The Kier molecular flexibility index (Phi) is 12.1. The molecular formula is C36H48ClN5O11S. The van der Waals surface area contributed by atoms with E-state index in [1.807, 2.05) is 18.6 Å². The molecule has 0 radical (unpaired) electrons. The Morgan fingerprint density at radius 3 is 2.48 bits per heavy atom. The van der Waals surface area contributed by atoms with Crippen molar-refractivity contribution >= 4 is 56.6 Å². The molecule has 2 aliphatic carbocycles. The minimum absolute atomic E-state index is 0.000439. The van der Waals surface area contributed by atoms with E-state index in [9.17, 15) is 27.6 Å². The molecular weight excluding hydrogens is 746 g/mol. The van der Waals surface area contributed by atoms with Crippen molar-refractivity contribution in [2.24, 2.45) is 11.8 Å². The van der Waals surface area contributed by atoms with Gasteiger partial charge in [0.1, 0.15) is 29.5 Å². The van der Waals surface area contributed by atoms with Crippen LogP contribution in [0.3, 0.4) is 0 Å². The lowest BCUT2D eigenvalue weighted by Gasteiger charge is -2.34. The average Bonchev–Trinajstić information content (AvgIpc) is 4.03. The molecule has 1 aromatic heterocycles. The number of benzene rings is 1. The number of para-hydroxylation sites is 1. The predicted molar refractivity (Wildman–Crippen MR) is 195 cm³/mol. The Balaban J connectivity index is 1.31. The number of carbonyl (C=O) groups is 4. The van der Waals surface area contributed by atoms with Crippen molar-refractivity contribution in [2.45, 2.75) is 109 Å². The lowest BCUT2D eigenvalue weighted by molar-refractivity contribution is -0.142. The Labute approximate surface area is 319 Å². The Morgan fingerprint density at radius 2 is 1.83 bits per heavy atom. The SMILES string of the molecule is CCOc1cc(O[C@@H]2C[C@@H](C(=O)N[C@]3(C(=O)NS(=O)(=O)OC4CC4)C[C@H]3CC)N(C(=O)[C@@H](NC(=O)OC(C)C)C3CCOCC3)C2)c2cccc(Cl)c2n1. The van der Waals surface area contributed by atoms with Crippen molar-refractivity contribution < 1.29 is 50.7 Å². The van der Waals surface area contributed by atoms with Crippen LogP contribution in [-0.4, -0.2) is 104 Å². The van der Waals surface area contributed by atoms with E-state index < -0.39 is 70.1 Å². The number of fused-ring (bicyclic) bond motifs is 1. The number of hydrogen-bond donors (Lipinski definition) is 3. The van der Waals surface area contributed by atoms with Crippen LogP contribution >= 0.6 is 11.6 Å². The fourth-order valence-electron chi connectivity index (χ4n) is 7.20. The molecule has 3 N–H and O–H groups in total. The van der Waals surface area contributed by atoms with Gasteiger partial charge in [-0.15, -0.1) is 0 Å². The molecule has 18 heteroatoms. The molecule has 2 aliphatic heterocycles. The summed E-state index contributed by atoms with van der Waals surface area (Å²) in [7, 11) is -4.41. The molecule has 5 atom stereocenters. The molecule has 4 aliphatic rings. The smallest absolute Gasteiger partial charge is 0.408 e. The molecule has 0 unspecified atom stereocenters. The van der Waals surface area contributed by atoms with Crippen molar-refractivity contribution in [2.75, 3.05) is 26.4 Å². The topological polar surface area (TPSA) is 201 Å². The first kappa shape index (κ1) is 39.8. The molecule has 2 saturated heterocycles. The number of alkyl carbamates (subject to hydrolysis) is 1. The highest BCUT2D eigenvalue weighted by atomic mass is 35.5. The monoisotopic (exact) mass is 793 g/mol. The summed E-state index contributed by atoms with van der Waals surface area (Å²) >= 11 is 6.50. The average molecular weight is 794 g/mol. The number of nitrogens with one attached hydrogen (secondary N) is 3. The number of carbonyl (C=O) groups excluding carboxylic acids is 4. The number of nitrogens with zero attached hydrogens (tertiary/aromatic N) is 2. The summed E-state index contributed by atoms with van der Waals surface area (Å²) in [5.74, 6) is -2.15. The molecule has 0 bridgehead atoms. The van der Waals surface area contributed by atoms with Crippen LogP contribution in [0.2, 0.25) is 5.02 Å². The number of halogens is 1. The summed E-state index contributed by atoms with van der Waals surface area (Å²) in [6.45, 7) is 8.06. The van der Waals surface area contributed by atoms with Gasteiger partial charge < -0.3 is 34.5 Å². The fraction of sp³-hybridized carbons (Fsp3) is 0.639. The summed E-state index contributed by atoms with van der Waals surface area (Å²) in [4.78, 5) is 61.4. The van der Waals surface area contributed by atoms with Crippen LogP contribution in [0.1, 0.15) is 72.6 Å². The second-order valence-corrected chi connectivity index (χ2v) is 16.2. The highest BCUT2D eigenvalue weighted by molar-refractivity contribution is 7.85. The van der Waals surface area contributed by atoms with Crippen molar-refractivity contribution in [3.63, 3.8) is 0 Å². The van der Waals surface area contributed by atoms with E-state index in [1.165, 1.54) is 4.90 Å². The number of amides is 4. The Morgan fingerprint density at radius 1 is 1.09 bits per heavy atom. The van der Waals surface area contributed by atoms with Crippen molar-refractivity contribution in [3.05, 3.63) is 29.3 Å². The van der Waals surface area contributed by atoms with Gasteiger partial charge in [-0.2, -0.15) is 8.42 Å². The maximum atomic E-state index is 14.7. The second kappa shape index (κ2) is 16.4. The molecule has 4 amide bonds. The molecule has 0 spiro atoms. The van der Waals surface area contributed by atoms with Crippen LogP contribution in [0, 0.1) is 11.8 Å². The van der Waals surface area contributed by atoms with Gasteiger partial charge in [0.15, 0.2) is 0 Å². The third-order valence-corrected chi connectivity index (χ3v) is 11.4. The van der Waals surface area contributed by atoms with E-state index in [4.69, 9.17) is 34.7 Å². The molecule has 16 nitrogen and oxygen atoms in total. The molecule has 296 valence electrons. The largest absolute Gasteiger partial charge is 0.488 e. The Bertz CT molecular complexity index is 1860. The first-order chi connectivity index (χ1) is 25.7. The lowest BCUT2D eigenvalue weighted by Crippen LogP contribution is -2.59. The van der Waals surface area contributed by atoms with E-state index in [2.05, 4.69) is 15.6 Å². The quantitative estimate of drug-likeness (QED) is 0.238. The summed E-state index contributed by atoms with van der Waals surface area (Å²) in [6, 6.07) is 4.62. The maximum absolute atomic E-state index is 14.7. The van der Waals surface area contributed by atoms with Crippen LogP contribution < -0.4 is 24.8 Å². The van der Waals surface area contributed by atoms with Gasteiger partial charge in [-0.1, -0.05) is 31.0 Å². The number of likely N-dealkylation sites (tertiary alicyclic amines) is 1. The first-order valence-corrected chi connectivity index (χ1v) is 20.3. The van der Waals surface area contributed by atoms with Gasteiger partial charge >= 0.3 is 16.4 Å². The highest BCUT2D eigenvalue weighted by Gasteiger charge is 2.62. The van der Waals surface area contributed by atoms with Crippen LogP contribution in [0.15, 0.2) is 24.3 Å². The van der Waals surface area contributed by atoms with Crippen molar-refractivity contribution in [1.82, 2.24) is 25.2 Å². The Hall–Kier alpha value is -3.93. The van der Waals surface area contributed by atoms with Gasteiger partial charge in [-0.05, 0) is 76.8 Å². The van der Waals surface area contributed by atoms with Crippen LogP contribution in [-0.2, 0) is 38.3 Å². The second-order valence-electron chi connectivity index (χ2n) is 14.5. The molecule has 3 heterocycles. The van der Waals surface area contributed by atoms with Crippen LogP contribution in [0.4, 0.5) is 4.79 Å². The number of hydrogen-bond acceptors (Lipinski definition) is 12. The molecule has 54 heavy (non-hydrogen) atoms. The third kappa shape index (κ3) is 9.12. The van der Waals surface area contributed by atoms with Crippen molar-refractivity contribution in [3.8, 4) is 11.6 Å². The highest BCUT2D eigenvalue weighted by Crippen LogP contribution is 2.47. The maximum Gasteiger partial charge on any atom is 0.408 e. The predicted octanol–water partition coefficient (Wildman–Crippen LogP) is 3.39. The minimum Gasteiger partial charge on any atom is -0.488 e. The molecule has 4 fully saturated rings. The van der Waals surface area contributed by atoms with Gasteiger partial charge in [0.2, 0.25) is 17.7 Å². The normalized spacial score (nSPS) is 24.9. The summed E-state index contributed by atoms with van der Waals surface area (Å²) < 4.78 is 55.3. The van der Waals surface area contributed by atoms with Gasteiger partial charge in [-0.25, -0.2) is 14.5 Å². The van der Waals surface area contributed by atoms with Gasteiger partial charge in [-0.3, -0.25) is 18.6 Å². The summed E-state index contributed by atoms with van der Waals surface area (Å²) in [6.07, 6.45) is 0.301. The number of ether oxygens (including phenoxy) is 4. The standard InChI is InChI=1S/C36H48ClN5O11S/c1-5-22-18-36(22,34(45)41-54(47,48)53-23-10-11-23)40-32(43)27-16-24(52-28-17-29(50-6-2)38-31-25(28)8-7-9-26(31)37)19-42(27)33(44)30(21-12-14-49-15-13-21)39-35(46)51-20(3)4/h7-9,17,20-24,27,30H,5-6,10-16,18-19H2,1-4H3,(H,39,46)(H,40,43)(H,41,45)/t22-,24-,27+,30+,36-/m1/s1. The minimum atomic E-state index is -4.41. The summed E-state index contributed by atoms with van der Waals surface area (Å²) in [5.41, 5.74) is -1.09. The van der Waals surface area contributed by atoms with Crippen LogP contribution in [0.5, 0.6) is 11.6 Å². The molecule has 1 aromatic carbocycles. The van der Waals surface area contributed by atoms with Gasteiger partial charge in [0, 0.05) is 31.1 Å². The number of rotatable bonds is 15. The van der Waals surface area contributed by atoms with Crippen molar-refractivity contribution in [1.29, 1.82) is 0 Å². The van der Waals surface area contributed by atoms with E-state index in [0.717, 1.165) is 0 Å². The first-order valence-electron chi connectivity index (χ1n) is 18.5. The van der Waals surface area contributed by atoms with E-state index in [-0.39, 0.29) is 37.1 Å². The number of aromatic nitrogens is 1. The molecule has 2 aromatic rings. The fourth-order valence-corrected chi connectivity index (χ4v) is 8.43. The van der Waals surface area contributed by atoms with E-state index >= 15 is 0 Å². The van der Waals surface area contributed by atoms with Gasteiger partial charge in [0.05, 0.1) is 35.9 Å².